The van der Waals surface area contributed by atoms with Crippen LogP contribution >= 0.6 is 0 Å². The van der Waals surface area contributed by atoms with Gasteiger partial charge < -0.3 is 20.3 Å². The van der Waals surface area contributed by atoms with Crippen LogP contribution in [0, 0.1) is 6.92 Å². The third-order valence-electron chi connectivity index (χ3n) is 5.20. The van der Waals surface area contributed by atoms with E-state index in [0.29, 0.717) is 17.0 Å². The molecule has 7 heteroatoms. The van der Waals surface area contributed by atoms with Crippen molar-refractivity contribution in [2.45, 2.75) is 19.9 Å². The summed E-state index contributed by atoms with van der Waals surface area (Å²) in [6, 6.07) is 17.2. The van der Waals surface area contributed by atoms with E-state index in [9.17, 15) is 4.79 Å². The predicted octanol–water partition coefficient (Wildman–Crippen LogP) is 4.73. The molecule has 0 fully saturated rings. The molecule has 30 heavy (non-hydrogen) atoms. The number of benzene rings is 2. The molecular formula is C23H19N6O-. The van der Waals surface area contributed by atoms with E-state index < -0.39 is 0 Å². The van der Waals surface area contributed by atoms with Crippen molar-refractivity contribution in [3.8, 4) is 5.69 Å². The number of hydrogen-bond acceptors (Lipinski definition) is 4. The van der Waals surface area contributed by atoms with Crippen molar-refractivity contribution in [2.24, 2.45) is 0 Å². The normalized spacial score (nSPS) is 12.3. The Kier molecular flexibility index (Phi) is 4.28. The molecule has 0 saturated heterocycles. The van der Waals surface area contributed by atoms with Gasteiger partial charge in [0.25, 0.3) is 5.56 Å². The van der Waals surface area contributed by atoms with Crippen LogP contribution in [0.2, 0.25) is 0 Å². The number of hydrogen-bond donors (Lipinski definition) is 1. The van der Waals surface area contributed by atoms with Gasteiger partial charge in [-0.05, 0) is 42.3 Å². The number of pyridine rings is 1. The van der Waals surface area contributed by atoms with Crippen molar-refractivity contribution in [1.29, 1.82) is 0 Å². The van der Waals surface area contributed by atoms with E-state index in [-0.39, 0.29) is 11.6 Å². The fourth-order valence-corrected chi connectivity index (χ4v) is 3.74. The molecule has 0 radical (unpaired) electrons. The second kappa shape index (κ2) is 7.11. The zero-order valence-electron chi connectivity index (χ0n) is 16.6. The molecule has 1 unspecified atom stereocenters. The van der Waals surface area contributed by atoms with E-state index in [1.54, 1.807) is 17.1 Å². The standard InChI is InChI=1S/C23H19N6O/c1-14-7-6-8-16-11-19(29(22(30)20(14)16)17-9-4-3-5-10-17)15(2)27-23-24-12-18-21(28-23)26-13-25-18/h3-13,15H,1-2H3,(H-,24,25,26,27,28)/q-1. The first-order chi connectivity index (χ1) is 14.6. The van der Waals surface area contributed by atoms with Crippen molar-refractivity contribution in [1.82, 2.24) is 24.5 Å². The molecule has 5 rings (SSSR count). The summed E-state index contributed by atoms with van der Waals surface area (Å²) in [6.45, 7) is 3.90. The van der Waals surface area contributed by atoms with E-state index in [1.807, 2.05) is 68.4 Å². The zero-order valence-corrected chi connectivity index (χ0v) is 16.6. The number of nitrogens with one attached hydrogen (secondary N) is 1. The molecule has 5 aromatic rings. The fraction of sp³-hybridized carbons (Fsp3) is 0.130. The Morgan fingerprint density at radius 1 is 1.07 bits per heavy atom. The summed E-state index contributed by atoms with van der Waals surface area (Å²) < 4.78 is 1.73. The largest absolute Gasteiger partial charge is 0.384 e. The summed E-state index contributed by atoms with van der Waals surface area (Å²) >= 11 is 0. The van der Waals surface area contributed by atoms with Gasteiger partial charge in [-0.3, -0.25) is 9.36 Å². The summed E-state index contributed by atoms with van der Waals surface area (Å²) in [5.41, 5.74) is 3.78. The lowest BCUT2D eigenvalue weighted by Gasteiger charge is -2.24. The minimum absolute atomic E-state index is 0.0579. The van der Waals surface area contributed by atoms with Crippen LogP contribution in [0.1, 0.15) is 24.2 Å². The monoisotopic (exact) mass is 395 g/mol. The maximum absolute atomic E-state index is 13.5. The zero-order chi connectivity index (χ0) is 20.7. The van der Waals surface area contributed by atoms with Crippen LogP contribution in [-0.2, 0) is 0 Å². The van der Waals surface area contributed by atoms with Gasteiger partial charge in [0.2, 0.25) is 0 Å². The second-order valence-electron chi connectivity index (χ2n) is 7.20. The first-order valence-electron chi connectivity index (χ1n) is 9.69. The Labute approximate surface area is 172 Å². The van der Waals surface area contributed by atoms with E-state index in [4.69, 9.17) is 0 Å². The Morgan fingerprint density at radius 3 is 2.73 bits per heavy atom. The van der Waals surface area contributed by atoms with Crippen LogP contribution in [0.15, 0.2) is 71.9 Å². The van der Waals surface area contributed by atoms with E-state index in [1.165, 1.54) is 0 Å². The topological polar surface area (TPSA) is 90.6 Å². The SMILES string of the molecule is Cc1cccc2cc(C(C)[N-]c3ncc4[nH]cnc4n3)n(-c3ccccc3)c(=O)c12. The minimum atomic E-state index is -0.348. The molecule has 0 spiro atoms. The van der Waals surface area contributed by atoms with Crippen LogP contribution in [0.4, 0.5) is 5.95 Å². The lowest BCUT2D eigenvalue weighted by molar-refractivity contribution is 0.797. The summed E-state index contributed by atoms with van der Waals surface area (Å²) in [7, 11) is 0. The van der Waals surface area contributed by atoms with Crippen LogP contribution < -0.4 is 5.56 Å². The van der Waals surface area contributed by atoms with Gasteiger partial charge in [-0.1, -0.05) is 43.3 Å². The minimum Gasteiger partial charge on any atom is -0.384 e. The predicted molar refractivity (Wildman–Crippen MR) is 117 cm³/mol. The maximum atomic E-state index is 13.5. The highest BCUT2D eigenvalue weighted by atomic mass is 16.1. The Hall–Kier alpha value is -4.00. The van der Waals surface area contributed by atoms with Gasteiger partial charge in [0.15, 0.2) is 0 Å². The van der Waals surface area contributed by atoms with Gasteiger partial charge in [-0.2, -0.15) is 0 Å². The summed E-state index contributed by atoms with van der Waals surface area (Å²) in [4.78, 5) is 29.4. The molecule has 2 aromatic carbocycles. The van der Waals surface area contributed by atoms with Gasteiger partial charge in [-0.25, -0.2) is 4.98 Å². The molecule has 148 valence electrons. The third-order valence-corrected chi connectivity index (χ3v) is 5.20. The number of fused-ring (bicyclic) bond motifs is 2. The fourth-order valence-electron chi connectivity index (χ4n) is 3.74. The number of aryl methyl sites for hydroxylation is 1. The van der Waals surface area contributed by atoms with E-state index in [2.05, 4.69) is 25.3 Å². The number of para-hydroxylation sites is 1. The molecule has 1 atom stereocenters. The van der Waals surface area contributed by atoms with Crippen LogP contribution in [0.25, 0.3) is 32.9 Å². The first-order valence-corrected chi connectivity index (χ1v) is 9.69. The number of H-pyrrole nitrogens is 1. The smallest absolute Gasteiger partial charge is 0.263 e. The van der Waals surface area contributed by atoms with Gasteiger partial charge in [-0.15, -0.1) is 0 Å². The maximum Gasteiger partial charge on any atom is 0.263 e. The molecule has 0 aliphatic rings. The van der Waals surface area contributed by atoms with Crippen LogP contribution in [0.5, 0.6) is 0 Å². The number of aromatic amines is 1. The lowest BCUT2D eigenvalue weighted by Crippen LogP contribution is -2.23. The number of nitrogens with zero attached hydrogens (tertiary/aromatic N) is 5. The van der Waals surface area contributed by atoms with Gasteiger partial charge in [0.1, 0.15) is 5.65 Å². The van der Waals surface area contributed by atoms with E-state index in [0.717, 1.165) is 27.8 Å². The molecule has 0 amide bonds. The van der Waals surface area contributed by atoms with Crippen molar-refractivity contribution >= 4 is 27.9 Å². The molecule has 0 aliphatic carbocycles. The summed E-state index contributed by atoms with van der Waals surface area (Å²) in [5, 5.41) is 6.29. The average Bonchev–Trinajstić information content (AvgIpc) is 3.22. The average molecular weight is 395 g/mol. The molecule has 7 nitrogen and oxygen atoms in total. The quantitative estimate of drug-likeness (QED) is 0.476. The van der Waals surface area contributed by atoms with Gasteiger partial charge in [0.05, 0.1) is 17.2 Å². The Bertz CT molecular complexity index is 1420. The first kappa shape index (κ1) is 18.1. The highest BCUT2D eigenvalue weighted by molar-refractivity contribution is 5.85. The number of aromatic nitrogens is 5. The van der Waals surface area contributed by atoms with Crippen LogP contribution in [0.3, 0.4) is 0 Å². The van der Waals surface area contributed by atoms with Crippen molar-refractivity contribution in [3.63, 3.8) is 0 Å². The van der Waals surface area contributed by atoms with E-state index >= 15 is 0 Å². The molecule has 0 saturated carbocycles. The van der Waals surface area contributed by atoms with Gasteiger partial charge in [0, 0.05) is 23.4 Å². The van der Waals surface area contributed by atoms with Crippen molar-refractivity contribution < 1.29 is 0 Å². The van der Waals surface area contributed by atoms with Crippen LogP contribution in [-0.4, -0.2) is 24.5 Å². The molecule has 1 N–H and O–H groups in total. The third kappa shape index (κ3) is 3.00. The molecule has 3 heterocycles. The Morgan fingerprint density at radius 2 is 1.90 bits per heavy atom. The van der Waals surface area contributed by atoms with Gasteiger partial charge >= 0.3 is 0 Å². The molecule has 0 aliphatic heterocycles. The number of imidazole rings is 1. The summed E-state index contributed by atoms with van der Waals surface area (Å²) in [6.07, 6.45) is 3.24. The highest BCUT2D eigenvalue weighted by Gasteiger charge is 2.16. The highest BCUT2D eigenvalue weighted by Crippen LogP contribution is 2.31. The lowest BCUT2D eigenvalue weighted by atomic mass is 10.0. The molecule has 3 aromatic heterocycles. The molecular weight excluding hydrogens is 376 g/mol. The number of rotatable bonds is 4. The Balaban J connectivity index is 1.67. The second-order valence-corrected chi connectivity index (χ2v) is 7.20. The molecule has 0 bridgehead atoms. The van der Waals surface area contributed by atoms with Crippen molar-refractivity contribution in [2.75, 3.05) is 0 Å². The van der Waals surface area contributed by atoms with Crippen molar-refractivity contribution in [3.05, 3.63) is 94.0 Å². The summed E-state index contributed by atoms with van der Waals surface area (Å²) in [5.74, 6) is 0.332.